The van der Waals surface area contributed by atoms with Gasteiger partial charge in [-0.05, 0) is 30.5 Å². The van der Waals surface area contributed by atoms with Crippen molar-refractivity contribution >= 4 is 11.9 Å². The molecule has 0 atom stereocenters. The molecule has 1 aromatic heterocycles. The summed E-state index contributed by atoms with van der Waals surface area (Å²) in [5, 5.41) is 12.4. The molecule has 1 aromatic carbocycles. The summed E-state index contributed by atoms with van der Waals surface area (Å²) in [5.41, 5.74) is 1.40. The fourth-order valence-electron chi connectivity index (χ4n) is 1.85. The van der Waals surface area contributed by atoms with E-state index in [1.807, 2.05) is 12.1 Å². The van der Waals surface area contributed by atoms with Crippen molar-refractivity contribution in [2.75, 3.05) is 19.0 Å². The minimum atomic E-state index is -0.453. The van der Waals surface area contributed by atoms with Crippen molar-refractivity contribution in [2.45, 2.75) is 12.8 Å². The van der Waals surface area contributed by atoms with Crippen molar-refractivity contribution in [1.82, 2.24) is 9.97 Å². The molecule has 0 aliphatic rings. The van der Waals surface area contributed by atoms with E-state index in [-0.39, 0.29) is 5.75 Å². The Morgan fingerprint density at radius 2 is 2.10 bits per heavy atom. The molecule has 6 nitrogen and oxygen atoms in total. The normalized spacial score (nSPS) is 10.1. The van der Waals surface area contributed by atoms with Crippen molar-refractivity contribution in [3.05, 3.63) is 47.8 Å². The summed E-state index contributed by atoms with van der Waals surface area (Å²) in [6.45, 7) is 0.702. The van der Waals surface area contributed by atoms with E-state index in [4.69, 9.17) is 0 Å². The monoisotopic (exact) mass is 287 g/mol. The quantitative estimate of drug-likeness (QED) is 0.624. The van der Waals surface area contributed by atoms with Crippen LogP contribution in [-0.4, -0.2) is 34.7 Å². The fraction of sp³-hybridized carbons (Fsp3) is 0.267. The van der Waals surface area contributed by atoms with Crippen LogP contribution in [0.4, 0.5) is 5.95 Å². The number of nitrogens with one attached hydrogen (secondary N) is 1. The zero-order valence-corrected chi connectivity index (χ0v) is 11.7. The molecular weight excluding hydrogens is 270 g/mol. The van der Waals surface area contributed by atoms with Crippen LogP contribution in [0, 0.1) is 0 Å². The molecule has 21 heavy (non-hydrogen) atoms. The summed E-state index contributed by atoms with van der Waals surface area (Å²) < 4.78 is 4.57. The van der Waals surface area contributed by atoms with E-state index >= 15 is 0 Å². The van der Waals surface area contributed by atoms with Crippen LogP contribution in [0.25, 0.3) is 0 Å². The fourth-order valence-corrected chi connectivity index (χ4v) is 1.85. The second kappa shape index (κ2) is 7.23. The number of hydrogen-bond donors (Lipinski definition) is 2. The molecule has 6 heteroatoms. The molecule has 0 saturated carbocycles. The number of ether oxygens (including phenoxy) is 1. The Bertz CT molecular complexity index is 599. The number of phenols is 1. The first-order chi connectivity index (χ1) is 10.2. The van der Waals surface area contributed by atoms with E-state index in [9.17, 15) is 9.90 Å². The van der Waals surface area contributed by atoms with Gasteiger partial charge >= 0.3 is 5.97 Å². The number of nitrogens with zero attached hydrogens (tertiary/aromatic N) is 2. The average Bonchev–Trinajstić information content (AvgIpc) is 2.51. The first kappa shape index (κ1) is 14.8. The third-order valence-corrected chi connectivity index (χ3v) is 2.91. The Hall–Kier alpha value is -2.63. The minimum absolute atomic E-state index is 0.280. The first-order valence-corrected chi connectivity index (χ1v) is 6.61. The van der Waals surface area contributed by atoms with E-state index in [0.717, 1.165) is 18.4 Å². The van der Waals surface area contributed by atoms with Crippen LogP contribution < -0.4 is 5.32 Å². The molecule has 2 rings (SSSR count). The van der Waals surface area contributed by atoms with Crippen molar-refractivity contribution in [3.8, 4) is 5.75 Å². The van der Waals surface area contributed by atoms with Gasteiger partial charge < -0.3 is 15.2 Å². The number of benzene rings is 1. The van der Waals surface area contributed by atoms with Crippen molar-refractivity contribution < 1.29 is 14.6 Å². The van der Waals surface area contributed by atoms with E-state index in [0.29, 0.717) is 18.1 Å². The highest BCUT2D eigenvalue weighted by molar-refractivity contribution is 5.88. The SMILES string of the molecule is COC(=O)c1cnc(NCCCc2cccc(O)c2)nc1. The highest BCUT2D eigenvalue weighted by Gasteiger charge is 2.06. The molecule has 0 amide bonds. The maximum atomic E-state index is 11.2. The van der Waals surface area contributed by atoms with E-state index in [1.54, 1.807) is 12.1 Å². The number of aromatic hydroxyl groups is 1. The summed E-state index contributed by atoms with van der Waals surface area (Å²) in [4.78, 5) is 19.3. The summed E-state index contributed by atoms with van der Waals surface area (Å²) in [5.74, 6) is 0.297. The van der Waals surface area contributed by atoms with Gasteiger partial charge in [0.1, 0.15) is 5.75 Å². The van der Waals surface area contributed by atoms with Crippen LogP contribution in [0.5, 0.6) is 5.75 Å². The van der Waals surface area contributed by atoms with Gasteiger partial charge in [-0.3, -0.25) is 0 Å². The standard InChI is InChI=1S/C15H17N3O3/c1-21-14(20)12-9-17-15(18-10-12)16-7-3-5-11-4-2-6-13(19)8-11/h2,4,6,8-10,19H,3,5,7H2,1H3,(H,16,17,18). The lowest BCUT2D eigenvalue weighted by Crippen LogP contribution is -2.08. The van der Waals surface area contributed by atoms with Crippen LogP contribution in [-0.2, 0) is 11.2 Å². The molecular formula is C15H17N3O3. The molecule has 0 fully saturated rings. The van der Waals surface area contributed by atoms with Crippen molar-refractivity contribution in [2.24, 2.45) is 0 Å². The maximum absolute atomic E-state index is 11.2. The van der Waals surface area contributed by atoms with E-state index in [2.05, 4.69) is 20.0 Å². The Kier molecular flexibility index (Phi) is 5.09. The third kappa shape index (κ3) is 4.45. The molecule has 2 aromatic rings. The van der Waals surface area contributed by atoms with Gasteiger partial charge in [0.25, 0.3) is 0 Å². The number of carbonyl (C=O) groups is 1. The molecule has 0 unspecified atom stereocenters. The average molecular weight is 287 g/mol. The zero-order chi connectivity index (χ0) is 15.1. The second-order valence-corrected chi connectivity index (χ2v) is 4.49. The summed E-state index contributed by atoms with van der Waals surface area (Å²) in [6, 6.07) is 7.20. The molecule has 0 aliphatic carbocycles. The van der Waals surface area contributed by atoms with Gasteiger partial charge in [-0.1, -0.05) is 12.1 Å². The smallest absolute Gasteiger partial charge is 0.341 e. The lowest BCUT2D eigenvalue weighted by Gasteiger charge is -2.05. The highest BCUT2D eigenvalue weighted by Crippen LogP contribution is 2.12. The predicted octanol–water partition coefficient (Wildman–Crippen LogP) is 2.01. The van der Waals surface area contributed by atoms with Gasteiger partial charge in [0, 0.05) is 18.9 Å². The topological polar surface area (TPSA) is 84.3 Å². The van der Waals surface area contributed by atoms with Crippen LogP contribution in [0.1, 0.15) is 22.3 Å². The lowest BCUT2D eigenvalue weighted by molar-refractivity contribution is 0.0600. The van der Waals surface area contributed by atoms with Crippen molar-refractivity contribution in [1.29, 1.82) is 0 Å². The van der Waals surface area contributed by atoms with Crippen LogP contribution in [0.15, 0.2) is 36.7 Å². The van der Waals surface area contributed by atoms with Gasteiger partial charge in [0.15, 0.2) is 0 Å². The van der Waals surface area contributed by atoms with Crippen LogP contribution >= 0.6 is 0 Å². The number of methoxy groups -OCH3 is 1. The molecule has 0 bridgehead atoms. The summed E-state index contributed by atoms with van der Waals surface area (Å²) in [6.07, 6.45) is 4.58. The molecule has 0 spiro atoms. The number of rotatable bonds is 6. The van der Waals surface area contributed by atoms with E-state index in [1.165, 1.54) is 19.5 Å². The maximum Gasteiger partial charge on any atom is 0.341 e. The molecule has 0 saturated heterocycles. The summed E-state index contributed by atoms with van der Waals surface area (Å²) >= 11 is 0. The molecule has 2 N–H and O–H groups in total. The van der Waals surface area contributed by atoms with Gasteiger partial charge in [0.05, 0.1) is 12.7 Å². The minimum Gasteiger partial charge on any atom is -0.508 e. The summed E-state index contributed by atoms with van der Waals surface area (Å²) in [7, 11) is 1.32. The van der Waals surface area contributed by atoms with Crippen LogP contribution in [0.3, 0.4) is 0 Å². The third-order valence-electron chi connectivity index (χ3n) is 2.91. The van der Waals surface area contributed by atoms with Crippen LogP contribution in [0.2, 0.25) is 0 Å². The Morgan fingerprint density at radius 1 is 1.33 bits per heavy atom. The molecule has 110 valence electrons. The number of esters is 1. The van der Waals surface area contributed by atoms with Gasteiger partial charge in [-0.2, -0.15) is 0 Å². The largest absolute Gasteiger partial charge is 0.508 e. The van der Waals surface area contributed by atoms with E-state index < -0.39 is 5.97 Å². The number of aromatic nitrogens is 2. The van der Waals surface area contributed by atoms with Gasteiger partial charge in [-0.25, -0.2) is 14.8 Å². The molecule has 0 radical (unpaired) electrons. The number of aryl methyl sites for hydroxylation is 1. The first-order valence-electron chi connectivity index (χ1n) is 6.61. The lowest BCUT2D eigenvalue weighted by atomic mass is 10.1. The molecule has 1 heterocycles. The number of carbonyl (C=O) groups excluding carboxylic acids is 1. The highest BCUT2D eigenvalue weighted by atomic mass is 16.5. The Balaban J connectivity index is 1.77. The Labute approximate surface area is 122 Å². The number of hydrogen-bond acceptors (Lipinski definition) is 6. The second-order valence-electron chi connectivity index (χ2n) is 4.49. The Morgan fingerprint density at radius 3 is 2.76 bits per heavy atom. The van der Waals surface area contributed by atoms with Crippen molar-refractivity contribution in [3.63, 3.8) is 0 Å². The number of phenolic OH excluding ortho intramolecular Hbond substituents is 1. The predicted molar refractivity (Wildman–Crippen MR) is 78.3 cm³/mol. The molecule has 0 aliphatic heterocycles. The van der Waals surface area contributed by atoms with Gasteiger partial charge in [0.2, 0.25) is 5.95 Å². The zero-order valence-electron chi connectivity index (χ0n) is 11.7. The number of anilines is 1. The van der Waals surface area contributed by atoms with Gasteiger partial charge in [-0.15, -0.1) is 0 Å².